The van der Waals surface area contributed by atoms with E-state index >= 15 is 0 Å². The van der Waals surface area contributed by atoms with Crippen LogP contribution in [-0.2, 0) is 0 Å². The molecule has 94 valence electrons. The molecule has 4 heteroatoms. The second kappa shape index (κ2) is 6.05. The van der Waals surface area contributed by atoms with Crippen molar-refractivity contribution in [2.45, 2.75) is 37.8 Å². The number of nitrogens with one attached hydrogen (secondary N) is 1. The second-order valence-electron chi connectivity index (χ2n) is 4.61. The molecule has 0 spiro atoms. The maximum absolute atomic E-state index is 6.03. The molecule has 1 aliphatic rings. The molecule has 1 atom stereocenters. The molecule has 0 aliphatic heterocycles. The molecule has 1 unspecified atom stereocenters. The smallest absolute Gasteiger partial charge is 0.0595 e. The molecule has 0 bridgehead atoms. The molecule has 1 fully saturated rings. The predicted molar refractivity (Wildman–Crippen MR) is 73.6 cm³/mol. The number of rotatable bonds is 4. The summed E-state index contributed by atoms with van der Waals surface area (Å²) in [6.07, 6.45) is 5.13. The van der Waals surface area contributed by atoms with Gasteiger partial charge in [-0.1, -0.05) is 42.1 Å². The Morgan fingerprint density at radius 3 is 2.53 bits per heavy atom. The molecule has 0 radical (unpaired) electrons. The zero-order chi connectivity index (χ0) is 12.3. The Bertz CT molecular complexity index is 376. The Morgan fingerprint density at radius 1 is 1.24 bits per heavy atom. The third-order valence-corrected chi connectivity index (χ3v) is 4.11. The van der Waals surface area contributed by atoms with Crippen LogP contribution in [0.25, 0.3) is 0 Å². The highest BCUT2D eigenvalue weighted by Gasteiger charge is 2.19. The molecule has 1 saturated carbocycles. The van der Waals surface area contributed by atoms with Gasteiger partial charge in [0.05, 0.1) is 10.0 Å². The van der Waals surface area contributed by atoms with Crippen LogP contribution in [0.3, 0.4) is 0 Å². The van der Waals surface area contributed by atoms with Crippen LogP contribution < -0.4 is 11.1 Å². The standard InChI is InChI=1S/C13H18Cl2N2/c14-11-6-5-9(7-12(11)15)13(8-16)17-10-3-1-2-4-10/h5-7,10,13,17H,1-4,8,16H2. The summed E-state index contributed by atoms with van der Waals surface area (Å²) in [5.41, 5.74) is 6.95. The molecule has 2 rings (SSSR count). The zero-order valence-corrected chi connectivity index (χ0v) is 11.3. The Labute approximate surface area is 112 Å². The van der Waals surface area contributed by atoms with Crippen LogP contribution in [0.5, 0.6) is 0 Å². The SMILES string of the molecule is NCC(NC1CCCC1)c1ccc(Cl)c(Cl)c1. The van der Waals surface area contributed by atoms with Crippen LogP contribution >= 0.6 is 23.2 Å². The van der Waals surface area contributed by atoms with Crippen molar-refractivity contribution >= 4 is 23.2 Å². The molecule has 1 aromatic rings. The summed E-state index contributed by atoms with van der Waals surface area (Å²) in [6, 6.07) is 6.50. The van der Waals surface area contributed by atoms with Gasteiger partial charge in [0.15, 0.2) is 0 Å². The van der Waals surface area contributed by atoms with Crippen LogP contribution in [0.1, 0.15) is 37.3 Å². The van der Waals surface area contributed by atoms with Gasteiger partial charge in [-0.15, -0.1) is 0 Å². The Morgan fingerprint density at radius 2 is 1.94 bits per heavy atom. The van der Waals surface area contributed by atoms with Gasteiger partial charge in [-0.25, -0.2) is 0 Å². The van der Waals surface area contributed by atoms with E-state index in [4.69, 9.17) is 28.9 Å². The number of halogens is 2. The minimum Gasteiger partial charge on any atom is -0.329 e. The van der Waals surface area contributed by atoms with Crippen molar-refractivity contribution in [1.82, 2.24) is 5.32 Å². The number of benzene rings is 1. The third-order valence-electron chi connectivity index (χ3n) is 3.37. The van der Waals surface area contributed by atoms with Crippen LogP contribution in [0.4, 0.5) is 0 Å². The highest BCUT2D eigenvalue weighted by molar-refractivity contribution is 6.42. The van der Waals surface area contributed by atoms with Gasteiger partial charge in [-0.05, 0) is 30.5 Å². The molecule has 1 aliphatic carbocycles. The molecule has 2 nitrogen and oxygen atoms in total. The minimum atomic E-state index is 0.174. The first-order chi connectivity index (χ1) is 8.20. The quantitative estimate of drug-likeness (QED) is 0.880. The first-order valence-electron chi connectivity index (χ1n) is 6.12. The number of nitrogens with two attached hydrogens (primary N) is 1. The van der Waals surface area contributed by atoms with Crippen molar-refractivity contribution in [3.63, 3.8) is 0 Å². The van der Waals surface area contributed by atoms with Crippen LogP contribution in [0.15, 0.2) is 18.2 Å². The first kappa shape index (κ1) is 13.2. The number of hydrogen-bond donors (Lipinski definition) is 2. The van der Waals surface area contributed by atoms with Crippen molar-refractivity contribution in [3.8, 4) is 0 Å². The van der Waals surface area contributed by atoms with Gasteiger partial charge in [-0.2, -0.15) is 0 Å². The Hall–Kier alpha value is -0.280. The van der Waals surface area contributed by atoms with Crippen molar-refractivity contribution in [2.24, 2.45) is 5.73 Å². The maximum Gasteiger partial charge on any atom is 0.0595 e. The average Bonchev–Trinajstić information content (AvgIpc) is 2.82. The summed E-state index contributed by atoms with van der Waals surface area (Å²) in [7, 11) is 0. The summed E-state index contributed by atoms with van der Waals surface area (Å²) < 4.78 is 0. The fraction of sp³-hybridized carbons (Fsp3) is 0.538. The lowest BCUT2D eigenvalue weighted by Crippen LogP contribution is -2.35. The molecule has 3 N–H and O–H groups in total. The highest BCUT2D eigenvalue weighted by Crippen LogP contribution is 2.27. The molecular weight excluding hydrogens is 255 g/mol. The van der Waals surface area contributed by atoms with Gasteiger partial charge in [0.1, 0.15) is 0 Å². The first-order valence-corrected chi connectivity index (χ1v) is 6.87. The topological polar surface area (TPSA) is 38.0 Å². The van der Waals surface area contributed by atoms with E-state index in [-0.39, 0.29) is 6.04 Å². The van der Waals surface area contributed by atoms with Crippen molar-refractivity contribution in [2.75, 3.05) is 6.54 Å². The summed E-state index contributed by atoms with van der Waals surface area (Å²) in [5, 5.41) is 4.79. The van der Waals surface area contributed by atoms with E-state index in [1.165, 1.54) is 25.7 Å². The van der Waals surface area contributed by atoms with Crippen LogP contribution in [0.2, 0.25) is 10.0 Å². The minimum absolute atomic E-state index is 0.174. The van der Waals surface area contributed by atoms with Gasteiger partial charge in [-0.3, -0.25) is 0 Å². The molecule has 0 aromatic heterocycles. The lowest BCUT2D eigenvalue weighted by molar-refractivity contribution is 0.444. The maximum atomic E-state index is 6.03. The molecular formula is C13H18Cl2N2. The van der Waals surface area contributed by atoms with Gasteiger partial charge >= 0.3 is 0 Å². The monoisotopic (exact) mass is 272 g/mol. The van der Waals surface area contributed by atoms with Crippen LogP contribution in [0, 0.1) is 0 Å². The fourth-order valence-electron chi connectivity index (χ4n) is 2.41. The van der Waals surface area contributed by atoms with Crippen LogP contribution in [-0.4, -0.2) is 12.6 Å². The largest absolute Gasteiger partial charge is 0.329 e. The second-order valence-corrected chi connectivity index (χ2v) is 5.42. The fourth-order valence-corrected chi connectivity index (χ4v) is 2.71. The zero-order valence-electron chi connectivity index (χ0n) is 9.76. The van der Waals surface area contributed by atoms with Gasteiger partial charge in [0.25, 0.3) is 0 Å². The molecule has 17 heavy (non-hydrogen) atoms. The summed E-state index contributed by atoms with van der Waals surface area (Å²) in [4.78, 5) is 0. The molecule has 0 amide bonds. The third kappa shape index (κ3) is 3.35. The van der Waals surface area contributed by atoms with E-state index in [0.717, 1.165) is 5.56 Å². The van der Waals surface area contributed by atoms with E-state index in [1.807, 2.05) is 18.2 Å². The van der Waals surface area contributed by atoms with E-state index in [2.05, 4.69) is 5.32 Å². The lowest BCUT2D eigenvalue weighted by atomic mass is 10.1. The Balaban J connectivity index is 2.08. The van der Waals surface area contributed by atoms with Gasteiger partial charge in [0, 0.05) is 18.6 Å². The van der Waals surface area contributed by atoms with Crippen molar-refractivity contribution in [1.29, 1.82) is 0 Å². The normalized spacial score (nSPS) is 18.5. The summed E-state index contributed by atoms with van der Waals surface area (Å²) in [5.74, 6) is 0. The highest BCUT2D eigenvalue weighted by atomic mass is 35.5. The van der Waals surface area contributed by atoms with E-state index < -0.39 is 0 Å². The summed E-state index contributed by atoms with van der Waals surface area (Å²) in [6.45, 7) is 0.578. The van der Waals surface area contributed by atoms with Crippen molar-refractivity contribution < 1.29 is 0 Å². The molecule has 1 aromatic carbocycles. The average molecular weight is 273 g/mol. The lowest BCUT2D eigenvalue weighted by Gasteiger charge is -2.22. The predicted octanol–water partition coefficient (Wildman–Crippen LogP) is 3.53. The number of hydrogen-bond acceptors (Lipinski definition) is 2. The summed E-state index contributed by atoms with van der Waals surface area (Å²) >= 11 is 11.9. The van der Waals surface area contributed by atoms with Crippen molar-refractivity contribution in [3.05, 3.63) is 33.8 Å². The molecule has 0 heterocycles. The van der Waals surface area contributed by atoms with E-state index in [0.29, 0.717) is 22.6 Å². The van der Waals surface area contributed by atoms with E-state index in [9.17, 15) is 0 Å². The Kier molecular flexibility index (Phi) is 4.69. The van der Waals surface area contributed by atoms with Gasteiger partial charge in [0.2, 0.25) is 0 Å². The van der Waals surface area contributed by atoms with Gasteiger partial charge < -0.3 is 11.1 Å². The molecule has 0 saturated heterocycles. The van der Waals surface area contributed by atoms with E-state index in [1.54, 1.807) is 0 Å².